The topological polar surface area (TPSA) is 17.1 Å². The van der Waals surface area contributed by atoms with E-state index in [0.29, 0.717) is 6.29 Å². The van der Waals surface area contributed by atoms with E-state index < -0.39 is 0 Å². The van der Waals surface area contributed by atoms with Crippen molar-refractivity contribution in [3.63, 3.8) is 0 Å². The minimum atomic E-state index is 0.121. The maximum absolute atomic E-state index is 10.4. The van der Waals surface area contributed by atoms with E-state index in [4.69, 9.17) is 2.74 Å². The van der Waals surface area contributed by atoms with Crippen molar-refractivity contribution in [2.75, 3.05) is 0 Å². The molecule has 46 valence electrons. The first-order chi connectivity index (χ1) is 5.16. The number of aldehydes is 1. The van der Waals surface area contributed by atoms with E-state index in [9.17, 15) is 4.79 Å². The molecule has 1 rings (SSSR count). The fraction of sp³-hybridized carbons (Fsp3) is 0.125. The van der Waals surface area contributed by atoms with Crippen LogP contribution in [0.3, 0.4) is 0 Å². The predicted octanol–water partition coefficient (Wildman–Crippen LogP) is 1.81. The Bertz CT molecular complexity index is 294. The Morgan fingerprint density at radius 3 is 3.11 bits per heavy atom. The molecule has 0 N–H and O–H groups in total. The summed E-state index contributed by atoms with van der Waals surface area (Å²) in [7, 11) is 0. The number of carbonyl (C=O) groups excluding carboxylic acids is 1. The van der Waals surface area contributed by atoms with Gasteiger partial charge in [0, 0.05) is 5.56 Å². The van der Waals surface area contributed by atoms with Crippen molar-refractivity contribution >= 4 is 6.29 Å². The van der Waals surface area contributed by atoms with Crippen molar-refractivity contribution in [1.29, 1.82) is 0 Å². The van der Waals surface area contributed by atoms with Gasteiger partial charge >= 0.3 is 0 Å². The summed E-state index contributed by atoms with van der Waals surface area (Å²) in [5.41, 5.74) is 0.896. The molecule has 0 unspecified atom stereocenters. The Morgan fingerprint density at radius 2 is 2.56 bits per heavy atom. The average Bonchev–Trinajstić information content (AvgIpc) is 1.99. The van der Waals surface area contributed by atoms with Crippen LogP contribution < -0.4 is 0 Å². The van der Waals surface area contributed by atoms with Gasteiger partial charge in [-0.25, -0.2) is 0 Å². The first-order valence-corrected chi connectivity index (χ1v) is 2.69. The average molecular weight is 122 g/mol. The number of benzene rings is 1. The summed E-state index contributed by atoms with van der Waals surface area (Å²) >= 11 is 0. The van der Waals surface area contributed by atoms with Crippen LogP contribution in [0.1, 0.15) is 18.7 Å². The molecule has 0 bridgehead atoms. The van der Waals surface area contributed by atoms with Gasteiger partial charge in [-0.3, -0.25) is 4.79 Å². The van der Waals surface area contributed by atoms with Crippen molar-refractivity contribution < 1.29 is 7.54 Å². The van der Waals surface area contributed by atoms with Crippen LogP contribution in [0.4, 0.5) is 0 Å². The predicted molar refractivity (Wildman–Crippen MR) is 36.6 cm³/mol. The third-order valence-corrected chi connectivity index (χ3v) is 1.02. The van der Waals surface area contributed by atoms with Crippen LogP contribution in [0.2, 0.25) is 0 Å². The molecule has 0 atom stereocenters. The van der Waals surface area contributed by atoms with Crippen molar-refractivity contribution in [3.05, 3.63) is 35.3 Å². The molecule has 1 heteroatoms. The van der Waals surface area contributed by atoms with Crippen molar-refractivity contribution in [2.45, 2.75) is 6.92 Å². The quantitative estimate of drug-likeness (QED) is 0.519. The van der Waals surface area contributed by atoms with Gasteiger partial charge in [0.25, 0.3) is 0 Å². The second kappa shape index (κ2) is 2.44. The van der Waals surface area contributed by atoms with Crippen molar-refractivity contribution in [1.82, 2.24) is 0 Å². The maximum Gasteiger partial charge on any atom is 0.150 e. The molecule has 0 aliphatic rings. The second-order valence-corrected chi connectivity index (χ2v) is 1.82. The summed E-state index contributed by atoms with van der Waals surface area (Å²) in [6.45, 7) is 1.74. The van der Waals surface area contributed by atoms with Gasteiger partial charge in [0.2, 0.25) is 0 Å². The highest BCUT2D eigenvalue weighted by Gasteiger charge is 1.86. The van der Waals surface area contributed by atoms with Crippen LogP contribution >= 0.6 is 0 Å². The van der Waals surface area contributed by atoms with Crippen LogP contribution in [-0.4, -0.2) is 6.29 Å². The Morgan fingerprint density at radius 1 is 1.78 bits per heavy atom. The van der Waals surface area contributed by atoms with Gasteiger partial charge in [0.15, 0.2) is 0 Å². The lowest BCUT2D eigenvalue weighted by atomic mass is 10.2. The largest absolute Gasteiger partial charge is 0.298 e. The molecular weight excluding hydrogens is 112 g/mol. The first kappa shape index (κ1) is 3.83. The third kappa shape index (κ3) is 1.39. The fourth-order valence-corrected chi connectivity index (χ4v) is 0.610. The number of hydrogen-bond donors (Lipinski definition) is 0. The number of rotatable bonds is 1. The molecule has 0 aliphatic carbocycles. The van der Waals surface area contributed by atoms with E-state index in [-0.39, 0.29) is 17.6 Å². The lowest BCUT2D eigenvalue weighted by molar-refractivity contribution is 0.112. The monoisotopic (exact) mass is 122 g/mol. The highest BCUT2D eigenvalue weighted by Crippen LogP contribution is 1.99. The summed E-state index contributed by atoms with van der Waals surface area (Å²) in [4.78, 5) is 10.4. The van der Waals surface area contributed by atoms with Crippen LogP contribution in [0.25, 0.3) is 0 Å². The molecule has 1 aromatic rings. The normalized spacial score (nSPS) is 12.1. The molecule has 0 fully saturated rings. The molecule has 0 saturated heterocycles. The third-order valence-electron chi connectivity index (χ3n) is 1.02. The van der Waals surface area contributed by atoms with E-state index in [1.165, 1.54) is 6.07 Å². The van der Waals surface area contributed by atoms with E-state index >= 15 is 0 Å². The van der Waals surface area contributed by atoms with E-state index in [1.807, 2.05) is 0 Å². The fourth-order valence-electron chi connectivity index (χ4n) is 0.610. The van der Waals surface area contributed by atoms with Gasteiger partial charge in [-0.05, 0) is 13.0 Å². The van der Waals surface area contributed by atoms with E-state index in [0.717, 1.165) is 5.56 Å². The summed E-state index contributed by atoms with van der Waals surface area (Å²) in [6, 6.07) is 3.47. The summed E-state index contributed by atoms with van der Waals surface area (Å²) in [5.74, 6) is 0. The first-order valence-electron chi connectivity index (χ1n) is 3.69. The number of carbonyl (C=O) groups is 1. The summed E-state index contributed by atoms with van der Waals surface area (Å²) in [6.07, 6.45) is 0.553. The van der Waals surface area contributed by atoms with Gasteiger partial charge in [-0.15, -0.1) is 0 Å². The zero-order valence-electron chi connectivity index (χ0n) is 7.14. The van der Waals surface area contributed by atoms with Gasteiger partial charge in [0.05, 0.1) is 2.74 Å². The molecule has 0 aliphatic heterocycles. The zero-order valence-corrected chi connectivity index (χ0v) is 5.14. The maximum atomic E-state index is 10.4. The molecule has 1 aromatic carbocycles. The second-order valence-electron chi connectivity index (χ2n) is 1.82. The standard InChI is InChI=1S/C8H8O/c1-7-3-2-4-8(5-7)6-9/h2-6H,1H3/i4D,5D. The van der Waals surface area contributed by atoms with Crippen LogP contribution in [-0.2, 0) is 0 Å². The minimum absolute atomic E-state index is 0.121. The van der Waals surface area contributed by atoms with Crippen molar-refractivity contribution in [2.24, 2.45) is 0 Å². The minimum Gasteiger partial charge on any atom is -0.298 e. The Labute approximate surface area is 57.1 Å². The molecule has 9 heavy (non-hydrogen) atoms. The molecule has 0 radical (unpaired) electrons. The van der Waals surface area contributed by atoms with E-state index in [2.05, 4.69) is 0 Å². The smallest absolute Gasteiger partial charge is 0.150 e. The van der Waals surface area contributed by atoms with Gasteiger partial charge in [-0.1, -0.05) is 23.7 Å². The van der Waals surface area contributed by atoms with Gasteiger partial charge < -0.3 is 0 Å². The van der Waals surface area contributed by atoms with Gasteiger partial charge in [0.1, 0.15) is 6.29 Å². The zero-order chi connectivity index (χ0) is 8.43. The SMILES string of the molecule is [2H]c1ccc(C)c([2H])c1C=O. The molecule has 0 spiro atoms. The van der Waals surface area contributed by atoms with E-state index in [1.54, 1.807) is 13.0 Å². The highest BCUT2D eigenvalue weighted by molar-refractivity contribution is 5.74. The van der Waals surface area contributed by atoms with Crippen LogP contribution in [0.15, 0.2) is 24.2 Å². The molecule has 0 heterocycles. The lowest BCUT2D eigenvalue weighted by Crippen LogP contribution is -1.78. The Balaban J connectivity index is 3.40. The number of aryl methyl sites for hydroxylation is 1. The number of hydrogen-bond acceptors (Lipinski definition) is 1. The molecule has 0 amide bonds. The lowest BCUT2D eigenvalue weighted by Gasteiger charge is -1.89. The van der Waals surface area contributed by atoms with Crippen molar-refractivity contribution in [3.8, 4) is 0 Å². The Kier molecular flexibility index (Phi) is 1.04. The van der Waals surface area contributed by atoms with Crippen LogP contribution in [0, 0.1) is 6.92 Å². The molecule has 1 nitrogen and oxygen atoms in total. The highest BCUT2D eigenvalue weighted by atomic mass is 16.1. The Hall–Kier alpha value is -1.11. The summed E-state index contributed by atoms with van der Waals surface area (Å²) < 4.78 is 14.6. The summed E-state index contributed by atoms with van der Waals surface area (Å²) in [5, 5.41) is 0. The van der Waals surface area contributed by atoms with Crippen LogP contribution in [0.5, 0.6) is 0 Å². The molecule has 0 aromatic heterocycles. The molecule has 0 saturated carbocycles. The molecular formula is C8H8O. The van der Waals surface area contributed by atoms with Gasteiger partial charge in [-0.2, -0.15) is 0 Å².